The Morgan fingerprint density at radius 3 is 2.51 bits per heavy atom. The number of fused-ring (bicyclic) bond motifs is 4. The fourth-order valence-corrected chi connectivity index (χ4v) is 5.72. The molecule has 192 valence electrons. The molecule has 9 heteroatoms. The molecule has 3 N–H and O–H groups in total. The second-order valence-electron chi connectivity index (χ2n) is 10.1. The summed E-state index contributed by atoms with van der Waals surface area (Å²) < 4.78 is 43.9. The highest BCUT2D eigenvalue weighted by Gasteiger charge is 2.52. The third kappa shape index (κ3) is 3.67. The van der Waals surface area contributed by atoms with Gasteiger partial charge >= 0.3 is 0 Å². The van der Waals surface area contributed by atoms with Crippen LogP contribution in [0.2, 0.25) is 0 Å². The van der Waals surface area contributed by atoms with Crippen LogP contribution in [0.25, 0.3) is 16.8 Å². The van der Waals surface area contributed by atoms with E-state index in [4.69, 9.17) is 20.2 Å². The molecule has 2 aliphatic heterocycles. The lowest BCUT2D eigenvalue weighted by atomic mass is 9.66. The maximum Gasteiger partial charge on any atom is 0.298 e. The number of hydrogen-bond acceptors (Lipinski definition) is 6. The van der Waals surface area contributed by atoms with E-state index in [9.17, 15) is 5.11 Å². The molecule has 0 unspecified atom stereocenters. The molecule has 0 spiro atoms. The molecule has 7 rings (SSSR count). The van der Waals surface area contributed by atoms with E-state index in [1.165, 1.54) is 31.4 Å². The smallest absolute Gasteiger partial charge is 0.298 e. The summed E-state index contributed by atoms with van der Waals surface area (Å²) in [6, 6.07) is 12.1. The number of alkyl halides is 2. The fourth-order valence-electron chi connectivity index (χ4n) is 5.72. The van der Waals surface area contributed by atoms with Gasteiger partial charge in [0.25, 0.3) is 5.92 Å². The largest absolute Gasteiger partial charge is 0.497 e. The number of ether oxygens (including phenoxy) is 2. The zero-order chi connectivity index (χ0) is 25.8. The van der Waals surface area contributed by atoms with Gasteiger partial charge in [-0.25, -0.2) is 9.97 Å². The maximum absolute atomic E-state index is 15.3. The molecule has 1 saturated carbocycles. The van der Waals surface area contributed by atoms with Crippen molar-refractivity contribution < 1.29 is 23.4 Å². The second kappa shape index (κ2) is 8.49. The Morgan fingerprint density at radius 2 is 1.86 bits per heavy atom. The molecule has 3 fully saturated rings. The molecule has 7 nitrogen and oxygen atoms in total. The topological polar surface area (TPSA) is 94.9 Å². The summed E-state index contributed by atoms with van der Waals surface area (Å²) in [6.45, 7) is 0.473. The van der Waals surface area contributed by atoms with Crippen LogP contribution in [0.3, 0.4) is 0 Å². The van der Waals surface area contributed by atoms with Crippen molar-refractivity contribution in [2.75, 3.05) is 26.1 Å². The minimum Gasteiger partial charge on any atom is -0.497 e. The second-order valence-corrected chi connectivity index (χ2v) is 10.1. The van der Waals surface area contributed by atoms with E-state index in [1.54, 1.807) is 30.5 Å². The van der Waals surface area contributed by atoms with Crippen molar-refractivity contribution in [2.45, 2.75) is 42.6 Å². The maximum atomic E-state index is 15.3. The van der Waals surface area contributed by atoms with Crippen LogP contribution in [-0.4, -0.2) is 45.4 Å². The molecule has 2 bridgehead atoms. The van der Waals surface area contributed by atoms with Gasteiger partial charge in [0, 0.05) is 29.1 Å². The van der Waals surface area contributed by atoms with Crippen molar-refractivity contribution in [1.29, 1.82) is 0 Å². The standard InChI is InChI=1S/C28H28F2N4O3/c1-36-21-4-2-3-20(15-21)28(29,30)19-7-5-18(6-8-19)22-23-24(31)32-13-14-34(23)25(33-22)26-9-11-27(16-35,12-10-26)37-17-26/h2-8,13-15,35H,9-12,16-17H2,1H3,(H2,31,32). The van der Waals surface area contributed by atoms with Crippen LogP contribution < -0.4 is 10.5 Å². The van der Waals surface area contributed by atoms with E-state index in [0.29, 0.717) is 34.9 Å². The number of methoxy groups -OCH3 is 1. The zero-order valence-corrected chi connectivity index (χ0v) is 20.5. The summed E-state index contributed by atoms with van der Waals surface area (Å²) in [5, 5.41) is 9.83. The normalized spacial score (nSPS) is 23.5. The fraction of sp³-hybridized carbons (Fsp3) is 0.357. The average Bonchev–Trinajstić information content (AvgIpc) is 3.36. The van der Waals surface area contributed by atoms with Gasteiger partial charge in [0.1, 0.15) is 28.6 Å². The van der Waals surface area contributed by atoms with Crippen molar-refractivity contribution >= 4 is 11.3 Å². The van der Waals surface area contributed by atoms with Crippen molar-refractivity contribution in [2.24, 2.45) is 0 Å². The molecule has 2 aromatic heterocycles. The van der Waals surface area contributed by atoms with Crippen LogP contribution in [0.1, 0.15) is 42.6 Å². The summed E-state index contributed by atoms with van der Waals surface area (Å²) in [7, 11) is 1.45. The first kappa shape index (κ1) is 23.8. The van der Waals surface area contributed by atoms with Gasteiger partial charge in [-0.15, -0.1) is 0 Å². The molecule has 1 aliphatic carbocycles. The van der Waals surface area contributed by atoms with Gasteiger partial charge in [0.2, 0.25) is 0 Å². The molecular formula is C28H28F2N4O3. The van der Waals surface area contributed by atoms with Crippen molar-refractivity contribution in [3.05, 3.63) is 77.9 Å². The lowest BCUT2D eigenvalue weighted by Gasteiger charge is -2.51. The molecule has 2 saturated heterocycles. The van der Waals surface area contributed by atoms with E-state index >= 15 is 8.78 Å². The average molecular weight is 507 g/mol. The Bertz CT molecular complexity index is 1440. The summed E-state index contributed by atoms with van der Waals surface area (Å²) >= 11 is 0. The molecular weight excluding hydrogens is 478 g/mol. The number of imidazole rings is 1. The van der Waals surface area contributed by atoms with Crippen molar-refractivity contribution in [3.63, 3.8) is 0 Å². The highest BCUT2D eigenvalue weighted by molar-refractivity contribution is 5.85. The monoisotopic (exact) mass is 506 g/mol. The minimum absolute atomic E-state index is 0.0142. The molecule has 0 amide bonds. The minimum atomic E-state index is -3.20. The molecule has 37 heavy (non-hydrogen) atoms. The van der Waals surface area contributed by atoms with Crippen LogP contribution in [0.5, 0.6) is 5.75 Å². The highest BCUT2D eigenvalue weighted by Crippen LogP contribution is 2.50. The SMILES string of the molecule is COc1cccc(C(F)(F)c2ccc(-c3nc(C45CCC(CO)(CC4)OC5)n4ccnc(N)c34)cc2)c1. The number of rotatable bonds is 6. The van der Waals surface area contributed by atoms with E-state index in [0.717, 1.165) is 31.5 Å². The summed E-state index contributed by atoms with van der Waals surface area (Å²) in [5.41, 5.74) is 7.17. The quantitative estimate of drug-likeness (QED) is 0.394. The van der Waals surface area contributed by atoms with Crippen LogP contribution in [0.4, 0.5) is 14.6 Å². The molecule has 0 radical (unpaired) electrons. The van der Waals surface area contributed by atoms with E-state index < -0.39 is 11.5 Å². The van der Waals surface area contributed by atoms with Gasteiger partial charge < -0.3 is 20.3 Å². The van der Waals surface area contributed by atoms with E-state index in [-0.39, 0.29) is 23.1 Å². The Morgan fingerprint density at radius 1 is 1.11 bits per heavy atom. The van der Waals surface area contributed by atoms with Gasteiger partial charge in [-0.1, -0.05) is 36.4 Å². The molecule has 4 heterocycles. The Hall–Kier alpha value is -3.56. The summed E-state index contributed by atoms with van der Waals surface area (Å²) in [4.78, 5) is 9.30. The third-order valence-electron chi connectivity index (χ3n) is 8.07. The van der Waals surface area contributed by atoms with Crippen LogP contribution in [0.15, 0.2) is 60.9 Å². The zero-order valence-electron chi connectivity index (χ0n) is 20.5. The first-order valence-electron chi connectivity index (χ1n) is 12.3. The lowest BCUT2D eigenvalue weighted by Crippen LogP contribution is -2.55. The Kier molecular flexibility index (Phi) is 5.47. The van der Waals surface area contributed by atoms with Crippen LogP contribution in [0, 0.1) is 0 Å². The molecule has 4 aromatic rings. The summed E-state index contributed by atoms with van der Waals surface area (Å²) in [6.07, 6.45) is 6.64. The first-order valence-corrected chi connectivity index (χ1v) is 12.3. The van der Waals surface area contributed by atoms with Gasteiger partial charge in [-0.3, -0.25) is 4.40 Å². The van der Waals surface area contributed by atoms with Gasteiger partial charge in [0.05, 0.1) is 31.3 Å². The van der Waals surface area contributed by atoms with Gasteiger partial charge in [-0.2, -0.15) is 8.78 Å². The Balaban J connectivity index is 1.40. The number of aliphatic hydroxyl groups is 1. The number of nitrogens with two attached hydrogens (primary N) is 1. The lowest BCUT2D eigenvalue weighted by molar-refractivity contribution is -0.177. The number of halogens is 2. The van der Waals surface area contributed by atoms with Crippen molar-refractivity contribution in [1.82, 2.24) is 14.4 Å². The van der Waals surface area contributed by atoms with E-state index in [2.05, 4.69) is 4.98 Å². The van der Waals surface area contributed by atoms with Crippen LogP contribution >= 0.6 is 0 Å². The van der Waals surface area contributed by atoms with Crippen LogP contribution in [-0.2, 0) is 16.1 Å². The predicted molar refractivity (Wildman–Crippen MR) is 135 cm³/mol. The summed E-state index contributed by atoms with van der Waals surface area (Å²) in [5.74, 6) is -1.69. The molecule has 2 aromatic carbocycles. The number of benzene rings is 2. The predicted octanol–water partition coefficient (Wildman–Crippen LogP) is 4.70. The van der Waals surface area contributed by atoms with Crippen molar-refractivity contribution in [3.8, 4) is 17.0 Å². The van der Waals surface area contributed by atoms with E-state index in [1.807, 2.05) is 10.6 Å². The Labute approximate surface area is 212 Å². The highest BCUT2D eigenvalue weighted by atomic mass is 19.3. The number of anilines is 1. The number of hydrogen-bond donors (Lipinski definition) is 2. The molecule has 3 aliphatic rings. The number of aliphatic hydroxyl groups excluding tert-OH is 1. The number of nitrogens with zero attached hydrogens (tertiary/aromatic N) is 3. The third-order valence-corrected chi connectivity index (χ3v) is 8.07. The van der Waals surface area contributed by atoms with Gasteiger partial charge in [-0.05, 0) is 37.8 Å². The first-order chi connectivity index (χ1) is 17.8. The van der Waals surface area contributed by atoms with Gasteiger partial charge in [0.15, 0.2) is 0 Å². The number of aromatic nitrogens is 3. The molecule has 0 atom stereocenters. The number of nitrogen functional groups attached to an aromatic ring is 1.